The van der Waals surface area contributed by atoms with E-state index in [9.17, 15) is 17.6 Å². The summed E-state index contributed by atoms with van der Waals surface area (Å²) in [7, 11) is -4.23. The fourth-order valence-electron chi connectivity index (χ4n) is 3.64. The van der Waals surface area contributed by atoms with Gasteiger partial charge in [0.25, 0.3) is 5.56 Å². The van der Waals surface area contributed by atoms with Crippen LogP contribution in [0, 0.1) is 11.2 Å². The van der Waals surface area contributed by atoms with Crippen LogP contribution in [0.5, 0.6) is 0 Å². The molecule has 0 aliphatic heterocycles. The molecule has 5 rings (SSSR count). The molecule has 0 atom stereocenters. The third-order valence-corrected chi connectivity index (χ3v) is 7.04. The first kappa shape index (κ1) is 20.7. The summed E-state index contributed by atoms with van der Waals surface area (Å²) in [4.78, 5) is 21.3. The van der Waals surface area contributed by atoms with Gasteiger partial charge in [0.05, 0.1) is 16.8 Å². The average Bonchev–Trinajstić information content (AvgIpc) is 2.82. The van der Waals surface area contributed by atoms with Crippen molar-refractivity contribution in [2.24, 2.45) is 0 Å². The molecule has 1 N–H and O–H groups in total. The van der Waals surface area contributed by atoms with Crippen molar-refractivity contribution in [3.8, 4) is 0 Å². The lowest BCUT2D eigenvalue weighted by molar-refractivity contribution is 0.590. The van der Waals surface area contributed by atoms with E-state index in [2.05, 4.69) is 9.97 Å². The van der Waals surface area contributed by atoms with Crippen molar-refractivity contribution in [2.75, 3.05) is 0 Å². The van der Waals surface area contributed by atoms with E-state index >= 15 is 0 Å². The standard InChI is InChI=1S/C23H16FN5O3S/c24-16-6-8-17(9-7-16)33(31,32)19-12-18-22(27-20-5-1-2-11-28(20)23(18)30)29(21(19)25)14-15-4-3-10-26-13-15/h1-13,25H,14H2. The molecule has 5 aromatic rings. The lowest BCUT2D eigenvalue weighted by Crippen LogP contribution is -2.30. The van der Waals surface area contributed by atoms with Crippen LogP contribution in [0.15, 0.2) is 93.8 Å². The van der Waals surface area contributed by atoms with E-state index in [0.717, 1.165) is 24.3 Å². The normalized spacial score (nSPS) is 11.8. The van der Waals surface area contributed by atoms with Crippen LogP contribution in [0.3, 0.4) is 0 Å². The van der Waals surface area contributed by atoms with Gasteiger partial charge in [0.15, 0.2) is 0 Å². The summed E-state index contributed by atoms with van der Waals surface area (Å²) < 4.78 is 42.8. The predicted octanol–water partition coefficient (Wildman–Crippen LogP) is 2.54. The van der Waals surface area contributed by atoms with Crippen LogP contribution < -0.4 is 11.0 Å². The largest absolute Gasteiger partial charge is 0.305 e. The van der Waals surface area contributed by atoms with E-state index in [1.165, 1.54) is 21.2 Å². The summed E-state index contributed by atoms with van der Waals surface area (Å²) in [5.41, 5.74) is 0.430. The van der Waals surface area contributed by atoms with E-state index in [4.69, 9.17) is 5.41 Å². The Morgan fingerprint density at radius 3 is 2.55 bits per heavy atom. The quantitative estimate of drug-likeness (QED) is 0.327. The molecule has 4 aromatic heterocycles. The Hall–Kier alpha value is -4.18. The first-order valence-electron chi connectivity index (χ1n) is 9.85. The SMILES string of the molecule is N=c1c(S(=O)(=O)c2ccc(F)cc2)cc2c(=O)n3ccccc3nc2n1Cc1cccnc1. The summed E-state index contributed by atoms with van der Waals surface area (Å²) in [5, 5.41) is 8.79. The monoisotopic (exact) mass is 461 g/mol. The Balaban J connectivity index is 1.88. The van der Waals surface area contributed by atoms with Gasteiger partial charge in [0, 0.05) is 18.6 Å². The number of rotatable bonds is 4. The highest BCUT2D eigenvalue weighted by Crippen LogP contribution is 2.21. The van der Waals surface area contributed by atoms with Crippen molar-refractivity contribution in [2.45, 2.75) is 16.3 Å². The third kappa shape index (κ3) is 3.50. The number of halogens is 1. The van der Waals surface area contributed by atoms with Crippen LogP contribution >= 0.6 is 0 Å². The lowest BCUT2D eigenvalue weighted by atomic mass is 10.2. The zero-order chi connectivity index (χ0) is 23.2. The molecule has 0 bridgehead atoms. The van der Waals surface area contributed by atoms with Crippen LogP contribution in [-0.2, 0) is 16.4 Å². The van der Waals surface area contributed by atoms with Crippen LogP contribution in [0.2, 0.25) is 0 Å². The lowest BCUT2D eigenvalue weighted by Gasteiger charge is -2.15. The second-order valence-corrected chi connectivity index (χ2v) is 9.26. The molecule has 33 heavy (non-hydrogen) atoms. The Morgan fingerprint density at radius 1 is 1.03 bits per heavy atom. The number of nitrogens with zero attached hydrogens (tertiary/aromatic N) is 4. The minimum absolute atomic E-state index is 0.0410. The van der Waals surface area contributed by atoms with Gasteiger partial charge in [-0.1, -0.05) is 12.1 Å². The number of fused-ring (bicyclic) bond motifs is 2. The summed E-state index contributed by atoms with van der Waals surface area (Å²) in [5.74, 6) is -0.584. The van der Waals surface area contributed by atoms with Crippen molar-refractivity contribution in [3.63, 3.8) is 0 Å². The molecule has 0 aliphatic rings. The zero-order valence-electron chi connectivity index (χ0n) is 17.0. The molecule has 0 amide bonds. The fraction of sp³-hybridized carbons (Fsp3) is 0.0435. The molecule has 0 spiro atoms. The number of aromatic nitrogens is 4. The van der Waals surface area contributed by atoms with Crippen LogP contribution in [-0.4, -0.2) is 27.4 Å². The highest BCUT2D eigenvalue weighted by Gasteiger charge is 2.24. The van der Waals surface area contributed by atoms with Crippen molar-refractivity contribution in [1.82, 2.24) is 18.9 Å². The third-order valence-electron chi connectivity index (χ3n) is 5.26. The van der Waals surface area contributed by atoms with Crippen molar-refractivity contribution < 1.29 is 12.8 Å². The fourth-order valence-corrected chi connectivity index (χ4v) is 5.02. The first-order valence-corrected chi connectivity index (χ1v) is 11.3. The number of nitrogens with one attached hydrogen (secondary N) is 1. The molecule has 0 unspecified atom stereocenters. The van der Waals surface area contributed by atoms with Gasteiger partial charge in [-0.15, -0.1) is 0 Å². The van der Waals surface area contributed by atoms with Gasteiger partial charge in [-0.25, -0.2) is 17.8 Å². The molecular formula is C23H16FN5O3S. The molecule has 0 saturated carbocycles. The Labute approximate surface area is 186 Å². The summed E-state index contributed by atoms with van der Waals surface area (Å²) >= 11 is 0. The molecule has 0 aliphatic carbocycles. The number of pyridine rings is 3. The Morgan fingerprint density at radius 2 is 1.82 bits per heavy atom. The molecule has 1 aromatic carbocycles. The number of hydrogen-bond acceptors (Lipinski definition) is 6. The first-order chi connectivity index (χ1) is 15.9. The second kappa shape index (κ2) is 7.75. The van der Waals surface area contributed by atoms with E-state index in [1.54, 1.807) is 42.7 Å². The highest BCUT2D eigenvalue weighted by atomic mass is 32.2. The van der Waals surface area contributed by atoms with Crippen molar-refractivity contribution in [1.29, 1.82) is 5.41 Å². The number of benzene rings is 1. The molecule has 4 heterocycles. The summed E-state index contributed by atoms with van der Waals surface area (Å²) in [6.45, 7) is 0.0748. The number of sulfone groups is 1. The Bertz CT molecular complexity index is 1750. The molecule has 0 saturated heterocycles. The molecule has 8 nitrogen and oxygen atoms in total. The molecule has 164 valence electrons. The molecule has 0 radical (unpaired) electrons. The van der Waals surface area contributed by atoms with E-state index in [0.29, 0.717) is 11.2 Å². The zero-order valence-corrected chi connectivity index (χ0v) is 17.8. The van der Waals surface area contributed by atoms with Gasteiger partial charge in [0.2, 0.25) is 9.84 Å². The van der Waals surface area contributed by atoms with Gasteiger partial charge in [-0.2, -0.15) is 0 Å². The summed E-state index contributed by atoms with van der Waals surface area (Å²) in [6, 6.07) is 14.0. The van der Waals surface area contributed by atoms with E-state index < -0.39 is 21.2 Å². The van der Waals surface area contributed by atoms with Gasteiger partial charge in [0.1, 0.15) is 27.5 Å². The molecule has 0 fully saturated rings. The predicted molar refractivity (Wildman–Crippen MR) is 118 cm³/mol. The van der Waals surface area contributed by atoms with Crippen LogP contribution in [0.1, 0.15) is 5.56 Å². The number of hydrogen-bond donors (Lipinski definition) is 1. The van der Waals surface area contributed by atoms with Crippen LogP contribution in [0.25, 0.3) is 16.7 Å². The van der Waals surface area contributed by atoms with Gasteiger partial charge >= 0.3 is 0 Å². The van der Waals surface area contributed by atoms with E-state index in [-0.39, 0.29) is 32.9 Å². The minimum Gasteiger partial charge on any atom is -0.305 e. The van der Waals surface area contributed by atoms with Crippen LogP contribution in [0.4, 0.5) is 4.39 Å². The Kier molecular flexibility index (Phi) is 4.86. The molecule has 10 heteroatoms. The summed E-state index contributed by atoms with van der Waals surface area (Å²) in [6.07, 6.45) is 4.73. The minimum atomic E-state index is -4.23. The van der Waals surface area contributed by atoms with Gasteiger partial charge < -0.3 is 4.57 Å². The highest BCUT2D eigenvalue weighted by molar-refractivity contribution is 7.91. The maximum atomic E-state index is 13.4. The maximum Gasteiger partial charge on any atom is 0.267 e. The second-order valence-electron chi connectivity index (χ2n) is 7.35. The van der Waals surface area contributed by atoms with Crippen molar-refractivity contribution in [3.05, 3.63) is 106 Å². The van der Waals surface area contributed by atoms with E-state index in [1.807, 2.05) is 0 Å². The maximum absolute atomic E-state index is 13.4. The van der Waals surface area contributed by atoms with Gasteiger partial charge in [-0.05, 0) is 54.1 Å². The topological polar surface area (TPSA) is 110 Å². The van der Waals surface area contributed by atoms with Crippen molar-refractivity contribution >= 4 is 26.5 Å². The molecular weight excluding hydrogens is 445 g/mol. The van der Waals surface area contributed by atoms with Gasteiger partial charge in [-0.3, -0.25) is 19.6 Å². The smallest absolute Gasteiger partial charge is 0.267 e. The average molecular weight is 461 g/mol.